The Labute approximate surface area is 109 Å². The van der Waals surface area contributed by atoms with E-state index in [0.29, 0.717) is 23.1 Å². The van der Waals surface area contributed by atoms with E-state index in [2.05, 4.69) is 20.7 Å². The predicted molar refractivity (Wildman–Crippen MR) is 70.8 cm³/mol. The summed E-state index contributed by atoms with van der Waals surface area (Å²) in [7, 11) is 1.46. The van der Waals surface area contributed by atoms with E-state index < -0.39 is 0 Å². The van der Waals surface area contributed by atoms with Crippen molar-refractivity contribution in [2.75, 3.05) is 17.9 Å². The van der Waals surface area contributed by atoms with E-state index >= 15 is 0 Å². The van der Waals surface area contributed by atoms with Gasteiger partial charge in [0.05, 0.1) is 12.8 Å². The highest BCUT2D eigenvalue weighted by Gasteiger charge is 2.14. The van der Waals surface area contributed by atoms with Crippen LogP contribution >= 0.6 is 0 Å². The number of halogens is 1. The van der Waals surface area contributed by atoms with Crippen LogP contribution in [0.3, 0.4) is 0 Å². The highest BCUT2D eigenvalue weighted by atomic mass is 19.1. The second kappa shape index (κ2) is 5.49. The quantitative estimate of drug-likeness (QED) is 0.577. The van der Waals surface area contributed by atoms with Crippen LogP contribution in [0.25, 0.3) is 0 Å². The van der Waals surface area contributed by atoms with Crippen molar-refractivity contribution in [2.45, 2.75) is 6.92 Å². The topological polar surface area (TPSA) is 85.1 Å². The molecule has 0 bridgehead atoms. The minimum Gasteiger partial charge on any atom is -0.490 e. The maximum Gasteiger partial charge on any atom is 0.205 e. The average Bonchev–Trinajstić information content (AvgIpc) is 2.42. The Morgan fingerprint density at radius 2 is 2.00 bits per heavy atom. The summed E-state index contributed by atoms with van der Waals surface area (Å²) in [6.07, 6.45) is 1.30. The number of rotatable bonds is 4. The van der Waals surface area contributed by atoms with Crippen molar-refractivity contribution >= 4 is 17.3 Å². The number of benzene rings is 1. The summed E-state index contributed by atoms with van der Waals surface area (Å²) in [5.74, 6) is 5.91. The molecule has 4 N–H and O–H groups in total. The molecule has 0 fully saturated rings. The first-order valence-electron chi connectivity index (χ1n) is 5.55. The van der Waals surface area contributed by atoms with Gasteiger partial charge in [0, 0.05) is 0 Å². The number of aromatic nitrogens is 2. The zero-order valence-electron chi connectivity index (χ0n) is 10.6. The van der Waals surface area contributed by atoms with Gasteiger partial charge in [-0.25, -0.2) is 20.2 Å². The summed E-state index contributed by atoms with van der Waals surface area (Å²) in [5, 5.41) is 2.89. The molecule has 0 unspecified atom stereocenters. The largest absolute Gasteiger partial charge is 0.490 e. The lowest BCUT2D eigenvalue weighted by atomic mass is 10.2. The van der Waals surface area contributed by atoms with Gasteiger partial charge in [-0.15, -0.1) is 0 Å². The molecule has 7 heteroatoms. The number of nitrogen functional groups attached to an aromatic ring is 1. The molecule has 6 nitrogen and oxygen atoms in total. The summed E-state index contributed by atoms with van der Waals surface area (Å²) < 4.78 is 18.9. The smallest absolute Gasteiger partial charge is 0.205 e. The Hall–Kier alpha value is -2.41. The lowest BCUT2D eigenvalue weighted by molar-refractivity contribution is 0.415. The lowest BCUT2D eigenvalue weighted by Gasteiger charge is -2.14. The summed E-state index contributed by atoms with van der Waals surface area (Å²) >= 11 is 0. The van der Waals surface area contributed by atoms with E-state index in [1.807, 2.05) is 0 Å². The van der Waals surface area contributed by atoms with Gasteiger partial charge >= 0.3 is 0 Å². The molecule has 2 rings (SSSR count). The van der Waals surface area contributed by atoms with Crippen molar-refractivity contribution in [3.8, 4) is 5.75 Å². The molecule has 0 aliphatic heterocycles. The maximum atomic E-state index is 13.8. The molecule has 0 aliphatic rings. The van der Waals surface area contributed by atoms with Gasteiger partial charge in [-0.05, 0) is 18.6 Å². The first kappa shape index (κ1) is 13.0. The van der Waals surface area contributed by atoms with Crippen molar-refractivity contribution in [1.29, 1.82) is 0 Å². The number of methoxy groups -OCH3 is 1. The lowest BCUT2D eigenvalue weighted by Crippen LogP contribution is -2.12. The van der Waals surface area contributed by atoms with Crippen molar-refractivity contribution < 1.29 is 9.13 Å². The second-order valence-corrected chi connectivity index (χ2v) is 3.81. The van der Waals surface area contributed by atoms with E-state index in [4.69, 9.17) is 10.6 Å². The van der Waals surface area contributed by atoms with E-state index in [1.54, 1.807) is 19.1 Å². The fourth-order valence-electron chi connectivity index (χ4n) is 1.67. The van der Waals surface area contributed by atoms with Crippen LogP contribution in [0.15, 0.2) is 24.5 Å². The Morgan fingerprint density at radius 3 is 2.63 bits per heavy atom. The molecule has 0 spiro atoms. The van der Waals surface area contributed by atoms with Crippen LogP contribution in [-0.4, -0.2) is 17.1 Å². The Morgan fingerprint density at radius 1 is 1.26 bits per heavy atom. The number of nitrogens with zero attached hydrogens (tertiary/aromatic N) is 2. The Kier molecular flexibility index (Phi) is 3.76. The highest BCUT2D eigenvalue weighted by Crippen LogP contribution is 2.32. The third-order valence-corrected chi connectivity index (χ3v) is 2.61. The first-order chi connectivity index (χ1) is 9.17. The van der Waals surface area contributed by atoms with Crippen LogP contribution in [0.4, 0.5) is 21.7 Å². The fourth-order valence-corrected chi connectivity index (χ4v) is 1.67. The van der Waals surface area contributed by atoms with Gasteiger partial charge in [0.2, 0.25) is 5.75 Å². The minimum absolute atomic E-state index is 0.313. The van der Waals surface area contributed by atoms with Crippen molar-refractivity contribution in [3.63, 3.8) is 0 Å². The molecule has 19 heavy (non-hydrogen) atoms. The van der Waals surface area contributed by atoms with Crippen LogP contribution in [0, 0.1) is 12.7 Å². The number of hydrazine groups is 1. The number of aryl methyl sites for hydroxylation is 1. The normalized spacial score (nSPS) is 10.1. The number of nitrogens with two attached hydrogens (primary N) is 1. The molecule has 1 aromatic heterocycles. The summed E-state index contributed by atoms with van der Waals surface area (Å²) in [4.78, 5) is 7.94. The predicted octanol–water partition coefficient (Wildman–Crippen LogP) is 1.96. The third kappa shape index (κ3) is 2.55. The molecule has 0 saturated carbocycles. The van der Waals surface area contributed by atoms with Gasteiger partial charge in [0.15, 0.2) is 11.6 Å². The van der Waals surface area contributed by atoms with Crippen molar-refractivity contribution in [3.05, 3.63) is 35.9 Å². The zero-order valence-corrected chi connectivity index (χ0v) is 10.6. The van der Waals surface area contributed by atoms with Gasteiger partial charge in [0.1, 0.15) is 12.1 Å². The average molecular weight is 263 g/mol. The summed E-state index contributed by atoms with van der Waals surface area (Å²) in [6.45, 7) is 1.79. The van der Waals surface area contributed by atoms with Crippen LogP contribution in [0.1, 0.15) is 5.56 Å². The van der Waals surface area contributed by atoms with Crippen LogP contribution < -0.4 is 21.3 Å². The molecule has 100 valence electrons. The highest BCUT2D eigenvalue weighted by molar-refractivity contribution is 5.70. The van der Waals surface area contributed by atoms with E-state index in [-0.39, 0.29) is 5.82 Å². The Bertz CT molecular complexity index is 570. The minimum atomic E-state index is -0.372. The van der Waals surface area contributed by atoms with Gasteiger partial charge in [-0.2, -0.15) is 0 Å². The molecular weight excluding hydrogens is 249 g/mol. The number of hydrogen-bond donors (Lipinski definition) is 3. The van der Waals surface area contributed by atoms with Gasteiger partial charge in [0.25, 0.3) is 0 Å². The first-order valence-corrected chi connectivity index (χ1v) is 5.55. The van der Waals surface area contributed by atoms with E-state index in [0.717, 1.165) is 5.56 Å². The third-order valence-electron chi connectivity index (χ3n) is 2.61. The van der Waals surface area contributed by atoms with Gasteiger partial charge in [-0.1, -0.05) is 12.1 Å². The molecule has 2 aromatic rings. The summed E-state index contributed by atoms with van der Waals surface area (Å²) in [5.41, 5.74) is 3.48. The monoisotopic (exact) mass is 263 g/mol. The van der Waals surface area contributed by atoms with Gasteiger partial charge < -0.3 is 15.5 Å². The molecule has 0 saturated heterocycles. The molecule has 0 amide bonds. The molecule has 1 aromatic carbocycles. The molecule has 0 radical (unpaired) electrons. The fraction of sp³-hybridized carbons (Fsp3) is 0.167. The number of anilines is 3. The van der Waals surface area contributed by atoms with Crippen molar-refractivity contribution in [1.82, 2.24) is 9.97 Å². The van der Waals surface area contributed by atoms with Crippen molar-refractivity contribution in [2.24, 2.45) is 5.84 Å². The summed E-state index contributed by atoms with van der Waals surface area (Å²) in [6, 6.07) is 4.80. The number of hydrogen-bond acceptors (Lipinski definition) is 6. The number of para-hydroxylation sites is 1. The van der Waals surface area contributed by atoms with Crippen LogP contribution in [0.2, 0.25) is 0 Å². The maximum absolute atomic E-state index is 13.8. The zero-order chi connectivity index (χ0) is 13.8. The van der Waals surface area contributed by atoms with E-state index in [9.17, 15) is 4.39 Å². The van der Waals surface area contributed by atoms with Gasteiger partial charge in [-0.3, -0.25) is 0 Å². The standard InChI is InChI=1S/C12H14FN5O/c1-7-4-3-5-8(13)9(7)17-11-10(19-2)12(18-14)16-6-15-11/h3-6H,14H2,1-2H3,(H2,15,16,17,18). The molecule has 0 atom stereocenters. The number of nitrogens with one attached hydrogen (secondary N) is 2. The van der Waals surface area contributed by atoms with E-state index in [1.165, 1.54) is 19.5 Å². The Balaban J connectivity index is 2.44. The molecule has 1 heterocycles. The molecule has 0 aliphatic carbocycles. The van der Waals surface area contributed by atoms with Crippen LogP contribution in [0.5, 0.6) is 5.75 Å². The number of ether oxygens (including phenoxy) is 1. The second-order valence-electron chi connectivity index (χ2n) is 3.81. The molecular formula is C12H14FN5O. The SMILES string of the molecule is COc1c(NN)ncnc1Nc1c(C)cccc1F. The van der Waals surface area contributed by atoms with Crippen LogP contribution in [-0.2, 0) is 0 Å².